The van der Waals surface area contributed by atoms with Gasteiger partial charge in [-0.25, -0.2) is 8.42 Å². The number of benzene rings is 1. The first-order valence-electron chi connectivity index (χ1n) is 5.31. The van der Waals surface area contributed by atoms with E-state index in [4.69, 9.17) is 5.26 Å². The van der Waals surface area contributed by atoms with Gasteiger partial charge in [-0.15, -0.1) is 0 Å². The Morgan fingerprint density at radius 2 is 1.95 bits per heavy atom. The van der Waals surface area contributed by atoms with Gasteiger partial charge in [-0.3, -0.25) is 0 Å². The van der Waals surface area contributed by atoms with Gasteiger partial charge in [-0.1, -0.05) is 6.07 Å². The lowest BCUT2D eigenvalue weighted by atomic mass is 10.2. The van der Waals surface area contributed by atoms with E-state index in [-0.39, 0.29) is 23.3 Å². The molecular weight excluding hydrogens is 281 g/mol. The molecule has 1 fully saturated rings. The summed E-state index contributed by atoms with van der Waals surface area (Å²) in [4.78, 5) is -0.345. The lowest BCUT2D eigenvalue weighted by Crippen LogP contribution is -2.47. The molecule has 4 nitrogen and oxygen atoms in total. The summed E-state index contributed by atoms with van der Waals surface area (Å²) in [5.74, 6) is 0. The van der Waals surface area contributed by atoms with Crippen LogP contribution in [-0.2, 0) is 10.0 Å². The Kier molecular flexibility index (Phi) is 3.07. The maximum atomic E-state index is 12.7. The summed E-state index contributed by atoms with van der Waals surface area (Å²) >= 11 is 0. The topological polar surface area (TPSA) is 70.0 Å². The Morgan fingerprint density at radius 1 is 1.32 bits per heavy atom. The Hall–Kier alpha value is -1.59. The van der Waals surface area contributed by atoms with Crippen molar-refractivity contribution in [2.24, 2.45) is 0 Å². The molecule has 1 saturated carbocycles. The van der Waals surface area contributed by atoms with E-state index in [0.717, 1.165) is 12.1 Å². The molecule has 1 aromatic carbocycles. The van der Waals surface area contributed by atoms with Gasteiger partial charge in [0.1, 0.15) is 5.54 Å². The molecule has 0 spiro atoms. The van der Waals surface area contributed by atoms with E-state index < -0.39 is 21.7 Å². The highest BCUT2D eigenvalue weighted by atomic mass is 32.2. The van der Waals surface area contributed by atoms with E-state index in [1.165, 1.54) is 12.1 Å². The number of rotatable bonds is 3. The Morgan fingerprint density at radius 3 is 2.42 bits per heavy atom. The fourth-order valence-electron chi connectivity index (χ4n) is 1.62. The molecule has 0 aliphatic heterocycles. The van der Waals surface area contributed by atoms with Crippen molar-refractivity contribution in [3.05, 3.63) is 29.8 Å². The van der Waals surface area contributed by atoms with Crippen molar-refractivity contribution in [1.82, 2.24) is 4.72 Å². The second-order valence-corrected chi connectivity index (χ2v) is 6.01. The zero-order valence-electron chi connectivity index (χ0n) is 9.53. The van der Waals surface area contributed by atoms with Gasteiger partial charge in [-0.2, -0.15) is 23.2 Å². The third-order valence-corrected chi connectivity index (χ3v) is 4.43. The van der Waals surface area contributed by atoms with Gasteiger partial charge in [-0.05, 0) is 31.0 Å². The molecule has 0 radical (unpaired) electrons. The summed E-state index contributed by atoms with van der Waals surface area (Å²) < 4.78 is 63.6. The Balaban J connectivity index is 2.32. The molecule has 0 amide bonds. The average molecular weight is 290 g/mol. The minimum atomic E-state index is -4.62. The van der Waals surface area contributed by atoms with E-state index in [1.807, 2.05) is 0 Å². The first kappa shape index (κ1) is 13.8. The molecule has 0 aromatic heterocycles. The maximum absolute atomic E-state index is 12.7. The highest BCUT2D eigenvalue weighted by Gasteiger charge is 2.65. The van der Waals surface area contributed by atoms with Crippen LogP contribution in [0.1, 0.15) is 18.4 Å². The lowest BCUT2D eigenvalue weighted by molar-refractivity contribution is -0.160. The van der Waals surface area contributed by atoms with Gasteiger partial charge >= 0.3 is 6.18 Å². The minimum Gasteiger partial charge on any atom is -0.207 e. The molecule has 8 heteroatoms. The van der Waals surface area contributed by atoms with Crippen LogP contribution in [0.3, 0.4) is 0 Å². The van der Waals surface area contributed by atoms with Crippen LogP contribution in [-0.4, -0.2) is 20.1 Å². The van der Waals surface area contributed by atoms with E-state index in [2.05, 4.69) is 0 Å². The first-order chi connectivity index (χ1) is 8.70. The molecule has 102 valence electrons. The van der Waals surface area contributed by atoms with Crippen LogP contribution in [0, 0.1) is 11.3 Å². The quantitative estimate of drug-likeness (QED) is 0.924. The van der Waals surface area contributed by atoms with Crippen LogP contribution in [0.15, 0.2) is 29.2 Å². The van der Waals surface area contributed by atoms with Crippen LogP contribution >= 0.6 is 0 Å². The largest absolute Gasteiger partial charge is 0.407 e. The number of nitriles is 1. The van der Waals surface area contributed by atoms with Gasteiger partial charge in [0.15, 0.2) is 0 Å². The molecule has 2 rings (SSSR count). The molecular formula is C11H9F3N2O2S. The third kappa shape index (κ3) is 2.57. The van der Waals surface area contributed by atoms with Crippen molar-refractivity contribution >= 4 is 10.0 Å². The van der Waals surface area contributed by atoms with E-state index in [0.29, 0.717) is 0 Å². The van der Waals surface area contributed by atoms with Gasteiger partial charge in [0.2, 0.25) is 10.0 Å². The van der Waals surface area contributed by atoms with Crippen LogP contribution in [0.2, 0.25) is 0 Å². The second kappa shape index (κ2) is 4.21. The fourth-order valence-corrected chi connectivity index (χ4v) is 3.11. The van der Waals surface area contributed by atoms with Crippen LogP contribution in [0.5, 0.6) is 0 Å². The summed E-state index contributed by atoms with van der Waals surface area (Å²) in [6, 6.07) is 6.60. The smallest absolute Gasteiger partial charge is 0.207 e. The van der Waals surface area contributed by atoms with Gasteiger partial charge in [0, 0.05) is 0 Å². The van der Waals surface area contributed by atoms with Gasteiger partial charge in [0.25, 0.3) is 0 Å². The number of hydrogen-bond donors (Lipinski definition) is 1. The summed E-state index contributed by atoms with van der Waals surface area (Å²) in [6.45, 7) is 0. The number of nitrogens with one attached hydrogen (secondary N) is 1. The first-order valence-corrected chi connectivity index (χ1v) is 6.79. The molecule has 1 aromatic rings. The van der Waals surface area contributed by atoms with Crippen LogP contribution in [0.4, 0.5) is 13.2 Å². The molecule has 1 N–H and O–H groups in total. The zero-order chi connectivity index (χ0) is 14.3. The average Bonchev–Trinajstić information content (AvgIpc) is 3.09. The fraction of sp³-hybridized carbons (Fsp3) is 0.364. The Bertz CT molecular complexity index is 643. The number of alkyl halides is 3. The highest BCUT2D eigenvalue weighted by molar-refractivity contribution is 7.89. The normalized spacial score (nSPS) is 17.8. The number of hydrogen-bond acceptors (Lipinski definition) is 3. The van der Waals surface area contributed by atoms with Crippen LogP contribution in [0.25, 0.3) is 0 Å². The van der Waals surface area contributed by atoms with Gasteiger partial charge in [0.05, 0.1) is 16.5 Å². The highest BCUT2D eigenvalue weighted by Crippen LogP contribution is 2.49. The van der Waals surface area contributed by atoms with E-state index in [1.54, 1.807) is 10.8 Å². The molecule has 0 heterocycles. The lowest BCUT2D eigenvalue weighted by Gasteiger charge is -2.20. The monoisotopic (exact) mass is 290 g/mol. The third-order valence-electron chi connectivity index (χ3n) is 2.90. The predicted molar refractivity (Wildman–Crippen MR) is 59.5 cm³/mol. The molecule has 1 aliphatic rings. The molecule has 0 saturated heterocycles. The van der Waals surface area contributed by atoms with Crippen molar-refractivity contribution in [2.45, 2.75) is 29.5 Å². The van der Waals surface area contributed by atoms with E-state index in [9.17, 15) is 21.6 Å². The zero-order valence-corrected chi connectivity index (χ0v) is 10.3. The summed E-state index contributed by atoms with van der Waals surface area (Å²) in [6.07, 6.45) is -5.16. The summed E-state index contributed by atoms with van der Waals surface area (Å²) in [5.41, 5.74) is -2.28. The second-order valence-electron chi connectivity index (χ2n) is 4.32. The SMILES string of the molecule is N#Cc1cccc(S(=O)(=O)NC2(C(F)(F)F)CC2)c1. The molecule has 0 unspecified atom stereocenters. The van der Waals surface area contributed by atoms with Crippen molar-refractivity contribution in [3.8, 4) is 6.07 Å². The number of halogens is 3. The maximum Gasteiger partial charge on any atom is 0.407 e. The number of sulfonamides is 1. The molecule has 0 bridgehead atoms. The minimum absolute atomic E-state index is 0.0692. The summed E-state index contributed by atoms with van der Waals surface area (Å²) in [5, 5.41) is 8.66. The molecule has 1 aliphatic carbocycles. The van der Waals surface area contributed by atoms with Crippen molar-refractivity contribution in [3.63, 3.8) is 0 Å². The van der Waals surface area contributed by atoms with Gasteiger partial charge < -0.3 is 0 Å². The van der Waals surface area contributed by atoms with Crippen molar-refractivity contribution in [1.29, 1.82) is 5.26 Å². The molecule has 19 heavy (non-hydrogen) atoms. The van der Waals surface area contributed by atoms with Crippen molar-refractivity contribution in [2.75, 3.05) is 0 Å². The standard InChI is InChI=1S/C11H9F3N2O2S/c12-11(13,14)10(4-5-10)16-19(17,18)9-3-1-2-8(6-9)7-15/h1-3,6,16H,4-5H2. The Labute approximate surface area is 107 Å². The molecule has 0 atom stereocenters. The van der Waals surface area contributed by atoms with Crippen molar-refractivity contribution < 1.29 is 21.6 Å². The van der Waals surface area contributed by atoms with E-state index >= 15 is 0 Å². The summed E-state index contributed by atoms with van der Waals surface area (Å²) in [7, 11) is -4.29. The number of nitrogens with zero attached hydrogens (tertiary/aromatic N) is 1. The predicted octanol–water partition coefficient (Wildman–Crippen LogP) is 1.93. The van der Waals surface area contributed by atoms with Crippen LogP contribution < -0.4 is 4.72 Å².